The number of alkyl halides is 3. The first kappa shape index (κ1) is 16.2. The van der Waals surface area contributed by atoms with Crippen LogP contribution in [-0.2, 0) is 6.18 Å². The molecule has 0 amide bonds. The first-order valence-electron chi connectivity index (χ1n) is 6.68. The summed E-state index contributed by atoms with van der Waals surface area (Å²) in [6.07, 6.45) is -3.00. The van der Waals surface area contributed by atoms with Crippen molar-refractivity contribution in [3.63, 3.8) is 0 Å². The van der Waals surface area contributed by atoms with Crippen molar-refractivity contribution in [1.82, 2.24) is 9.97 Å². The Morgan fingerprint density at radius 3 is 2.70 bits per heavy atom. The quantitative estimate of drug-likeness (QED) is 0.616. The van der Waals surface area contributed by atoms with Crippen LogP contribution in [0.3, 0.4) is 0 Å². The van der Waals surface area contributed by atoms with Gasteiger partial charge >= 0.3 is 6.18 Å². The van der Waals surface area contributed by atoms with Gasteiger partial charge in [0.1, 0.15) is 17.7 Å². The molecule has 8 heteroatoms. The van der Waals surface area contributed by atoms with Crippen LogP contribution >= 0.6 is 27.3 Å². The highest BCUT2D eigenvalue weighted by Gasteiger charge is 2.34. The molecule has 0 aliphatic rings. The van der Waals surface area contributed by atoms with E-state index in [1.165, 1.54) is 29.8 Å². The highest BCUT2D eigenvalue weighted by atomic mass is 79.9. The van der Waals surface area contributed by atoms with Crippen LogP contribution in [0.1, 0.15) is 24.1 Å². The number of anilines is 1. The van der Waals surface area contributed by atoms with Crippen LogP contribution in [0.2, 0.25) is 0 Å². The molecule has 1 atom stereocenters. The summed E-state index contributed by atoms with van der Waals surface area (Å²) < 4.78 is 41.1. The van der Waals surface area contributed by atoms with Crippen LogP contribution in [0.5, 0.6) is 0 Å². The minimum Gasteiger partial charge on any atom is -0.362 e. The van der Waals surface area contributed by atoms with Gasteiger partial charge in [-0.25, -0.2) is 9.97 Å². The minimum atomic E-state index is -4.39. The Bertz CT molecular complexity index is 847. The Morgan fingerprint density at radius 1 is 1.22 bits per heavy atom. The zero-order valence-electron chi connectivity index (χ0n) is 11.9. The van der Waals surface area contributed by atoms with Crippen molar-refractivity contribution in [2.24, 2.45) is 0 Å². The van der Waals surface area contributed by atoms with E-state index in [-0.39, 0.29) is 5.56 Å². The molecule has 0 aliphatic heterocycles. The number of fused-ring (bicyclic) bond motifs is 1. The lowest BCUT2D eigenvalue weighted by Crippen LogP contribution is -2.15. The molecule has 23 heavy (non-hydrogen) atoms. The van der Waals surface area contributed by atoms with Gasteiger partial charge in [-0.3, -0.25) is 0 Å². The third-order valence-corrected chi connectivity index (χ3v) is 5.28. The van der Waals surface area contributed by atoms with Crippen molar-refractivity contribution in [3.8, 4) is 0 Å². The number of aromatic nitrogens is 2. The highest BCUT2D eigenvalue weighted by molar-refractivity contribution is 9.10. The summed E-state index contributed by atoms with van der Waals surface area (Å²) >= 11 is 4.82. The second kappa shape index (κ2) is 6.09. The van der Waals surface area contributed by atoms with Gasteiger partial charge in [-0.05, 0) is 34.5 Å². The molecule has 120 valence electrons. The molecule has 1 N–H and O–H groups in total. The SMILES string of the molecule is CC(Nc1ncnc2c(Br)csc12)c1ccccc1C(F)(F)F. The van der Waals surface area contributed by atoms with E-state index < -0.39 is 17.8 Å². The van der Waals surface area contributed by atoms with E-state index >= 15 is 0 Å². The van der Waals surface area contributed by atoms with Crippen molar-refractivity contribution in [1.29, 1.82) is 0 Å². The smallest absolute Gasteiger partial charge is 0.362 e. The molecule has 0 radical (unpaired) electrons. The van der Waals surface area contributed by atoms with Crippen molar-refractivity contribution in [2.45, 2.75) is 19.1 Å². The van der Waals surface area contributed by atoms with E-state index in [4.69, 9.17) is 0 Å². The topological polar surface area (TPSA) is 37.8 Å². The first-order chi connectivity index (χ1) is 10.9. The molecule has 0 bridgehead atoms. The molecular formula is C15H11BrF3N3S. The highest BCUT2D eigenvalue weighted by Crippen LogP contribution is 2.37. The standard InChI is InChI=1S/C15H11BrF3N3S/c1-8(9-4-2-3-5-10(9)15(17,18)19)22-14-13-12(20-7-21-14)11(16)6-23-13/h2-8H,1H3,(H,20,21,22). The zero-order valence-corrected chi connectivity index (χ0v) is 14.3. The lowest BCUT2D eigenvalue weighted by atomic mass is 10.0. The van der Waals surface area contributed by atoms with E-state index in [2.05, 4.69) is 31.2 Å². The molecule has 2 heterocycles. The average molecular weight is 402 g/mol. The number of nitrogens with zero attached hydrogens (tertiary/aromatic N) is 2. The largest absolute Gasteiger partial charge is 0.416 e. The second-order valence-electron chi connectivity index (χ2n) is 4.93. The number of rotatable bonds is 3. The number of thiophene rings is 1. The fraction of sp³-hybridized carbons (Fsp3) is 0.200. The van der Waals surface area contributed by atoms with Crippen LogP contribution in [0.4, 0.5) is 19.0 Å². The monoisotopic (exact) mass is 401 g/mol. The Labute approximate surface area is 142 Å². The molecule has 0 saturated carbocycles. The molecule has 0 fully saturated rings. The van der Waals surface area contributed by atoms with Crippen LogP contribution in [0.25, 0.3) is 10.2 Å². The molecule has 1 unspecified atom stereocenters. The predicted molar refractivity (Wildman–Crippen MR) is 88.6 cm³/mol. The van der Waals surface area contributed by atoms with Crippen LogP contribution in [0, 0.1) is 0 Å². The van der Waals surface area contributed by atoms with Gasteiger partial charge in [0.2, 0.25) is 0 Å². The molecular weight excluding hydrogens is 391 g/mol. The lowest BCUT2D eigenvalue weighted by Gasteiger charge is -2.20. The molecule has 0 saturated heterocycles. The zero-order chi connectivity index (χ0) is 16.6. The third kappa shape index (κ3) is 3.18. The van der Waals surface area contributed by atoms with Crippen LogP contribution < -0.4 is 5.32 Å². The maximum absolute atomic E-state index is 13.1. The maximum atomic E-state index is 13.1. The maximum Gasteiger partial charge on any atom is 0.416 e. The summed E-state index contributed by atoms with van der Waals surface area (Å²) in [7, 11) is 0. The average Bonchev–Trinajstić information content (AvgIpc) is 2.89. The van der Waals surface area contributed by atoms with E-state index in [9.17, 15) is 13.2 Å². The van der Waals surface area contributed by atoms with Crippen molar-refractivity contribution < 1.29 is 13.2 Å². The van der Waals surface area contributed by atoms with Gasteiger partial charge in [0.05, 0.1) is 20.8 Å². The first-order valence-corrected chi connectivity index (χ1v) is 8.35. The van der Waals surface area contributed by atoms with Crippen molar-refractivity contribution in [3.05, 3.63) is 51.6 Å². The molecule has 0 spiro atoms. The summed E-state index contributed by atoms with van der Waals surface area (Å²) in [5, 5.41) is 4.94. The summed E-state index contributed by atoms with van der Waals surface area (Å²) in [5.41, 5.74) is 0.281. The molecule has 0 aliphatic carbocycles. The Kier molecular flexibility index (Phi) is 4.29. The molecule has 3 aromatic rings. The van der Waals surface area contributed by atoms with E-state index in [1.54, 1.807) is 13.0 Å². The van der Waals surface area contributed by atoms with Crippen LogP contribution in [-0.4, -0.2) is 9.97 Å². The number of hydrogen-bond donors (Lipinski definition) is 1. The van der Waals surface area contributed by atoms with E-state index in [1.807, 2.05) is 5.38 Å². The van der Waals surface area contributed by atoms with Gasteiger partial charge in [-0.15, -0.1) is 11.3 Å². The third-order valence-electron chi connectivity index (χ3n) is 3.40. The minimum absolute atomic E-state index is 0.183. The Hall–Kier alpha value is -1.67. The molecule has 3 rings (SSSR count). The van der Waals surface area contributed by atoms with Gasteiger partial charge in [-0.2, -0.15) is 13.2 Å². The van der Waals surface area contributed by atoms with E-state index in [0.717, 1.165) is 20.8 Å². The fourth-order valence-electron chi connectivity index (χ4n) is 2.34. The van der Waals surface area contributed by atoms with Gasteiger partial charge in [-0.1, -0.05) is 18.2 Å². The fourth-order valence-corrected chi connectivity index (χ4v) is 3.88. The summed E-state index contributed by atoms with van der Waals surface area (Å²) in [6, 6.07) is 5.00. The van der Waals surface area contributed by atoms with E-state index in [0.29, 0.717) is 5.82 Å². The van der Waals surface area contributed by atoms with Crippen LogP contribution in [0.15, 0.2) is 40.4 Å². The predicted octanol–water partition coefficient (Wildman–Crippen LogP) is 5.65. The Balaban J connectivity index is 1.97. The Morgan fingerprint density at radius 2 is 1.96 bits per heavy atom. The molecule has 3 nitrogen and oxygen atoms in total. The summed E-state index contributed by atoms with van der Waals surface area (Å²) in [6.45, 7) is 1.68. The molecule has 2 aromatic heterocycles. The number of hydrogen-bond acceptors (Lipinski definition) is 4. The summed E-state index contributed by atoms with van der Waals surface area (Å²) in [4.78, 5) is 8.33. The summed E-state index contributed by atoms with van der Waals surface area (Å²) in [5.74, 6) is 0.523. The molecule has 1 aromatic carbocycles. The normalized spacial score (nSPS) is 13.3. The van der Waals surface area contributed by atoms with Gasteiger partial charge in [0.25, 0.3) is 0 Å². The number of nitrogens with one attached hydrogen (secondary N) is 1. The van der Waals surface area contributed by atoms with Gasteiger partial charge < -0.3 is 5.32 Å². The van der Waals surface area contributed by atoms with Crippen molar-refractivity contribution >= 4 is 43.3 Å². The van der Waals surface area contributed by atoms with Gasteiger partial charge in [0, 0.05) is 5.38 Å². The van der Waals surface area contributed by atoms with Gasteiger partial charge in [0.15, 0.2) is 0 Å². The van der Waals surface area contributed by atoms with Crippen molar-refractivity contribution in [2.75, 3.05) is 5.32 Å². The lowest BCUT2D eigenvalue weighted by molar-refractivity contribution is -0.138. The number of benzene rings is 1. The number of halogens is 4. The second-order valence-corrected chi connectivity index (χ2v) is 6.67.